The van der Waals surface area contributed by atoms with Crippen molar-refractivity contribution in [3.05, 3.63) is 54.3 Å². The first kappa shape index (κ1) is 12.0. The molecule has 0 saturated carbocycles. The van der Waals surface area contributed by atoms with E-state index in [-0.39, 0.29) is 5.91 Å². The highest BCUT2D eigenvalue weighted by atomic mass is 16.2. The van der Waals surface area contributed by atoms with E-state index in [1.54, 1.807) is 4.90 Å². The van der Waals surface area contributed by atoms with Crippen molar-refractivity contribution in [1.29, 1.82) is 0 Å². The van der Waals surface area contributed by atoms with Crippen molar-refractivity contribution in [1.82, 2.24) is 4.90 Å². The fraction of sp³-hybridized carbons (Fsp3) is 0.312. The molecule has 0 bridgehead atoms. The number of carbonyl (C=O) groups excluding carboxylic acids is 1. The van der Waals surface area contributed by atoms with Gasteiger partial charge in [0, 0.05) is 36.6 Å². The van der Waals surface area contributed by atoms with Crippen LogP contribution in [0.2, 0.25) is 0 Å². The summed E-state index contributed by atoms with van der Waals surface area (Å²) in [5, 5.41) is 0. The Morgan fingerprint density at radius 3 is 2.68 bits per heavy atom. The van der Waals surface area contributed by atoms with Gasteiger partial charge in [0.25, 0.3) is 5.91 Å². The third-order valence-corrected chi connectivity index (χ3v) is 3.75. The van der Waals surface area contributed by atoms with Crippen LogP contribution in [0.1, 0.15) is 23.2 Å². The molecule has 0 N–H and O–H groups in total. The molecule has 1 aromatic carbocycles. The van der Waals surface area contributed by atoms with Gasteiger partial charge >= 0.3 is 0 Å². The molecule has 1 fully saturated rings. The number of rotatable bonds is 2. The average molecular weight is 254 g/mol. The van der Waals surface area contributed by atoms with Crippen molar-refractivity contribution in [3.8, 4) is 0 Å². The van der Waals surface area contributed by atoms with Gasteiger partial charge in [-0.15, -0.1) is 0 Å². The Kier molecular flexibility index (Phi) is 3.11. The topological polar surface area (TPSA) is 23.6 Å². The number of nitrogens with zero attached hydrogens (tertiary/aromatic N) is 2. The predicted molar refractivity (Wildman–Crippen MR) is 77.2 cm³/mol. The van der Waals surface area contributed by atoms with Crippen LogP contribution in [-0.4, -0.2) is 30.4 Å². The number of benzene rings is 1. The molecule has 0 radical (unpaired) electrons. The molecule has 0 atom stereocenters. The number of amides is 1. The first-order valence-corrected chi connectivity index (χ1v) is 6.75. The summed E-state index contributed by atoms with van der Waals surface area (Å²) in [5.41, 5.74) is 2.81. The van der Waals surface area contributed by atoms with Crippen LogP contribution in [0.25, 0.3) is 0 Å². The van der Waals surface area contributed by atoms with E-state index in [2.05, 4.69) is 29.7 Å². The van der Waals surface area contributed by atoms with Crippen LogP contribution in [0.15, 0.2) is 48.7 Å². The highest BCUT2D eigenvalue weighted by molar-refractivity contribution is 5.96. The largest absolute Gasteiger partial charge is 0.364 e. The first-order valence-electron chi connectivity index (χ1n) is 6.75. The second kappa shape index (κ2) is 4.92. The van der Waals surface area contributed by atoms with E-state index in [1.165, 1.54) is 0 Å². The molecule has 3 nitrogen and oxygen atoms in total. The summed E-state index contributed by atoms with van der Waals surface area (Å²) in [6, 6.07) is 7.89. The van der Waals surface area contributed by atoms with E-state index in [9.17, 15) is 4.79 Å². The third kappa shape index (κ3) is 2.28. The van der Waals surface area contributed by atoms with Crippen LogP contribution in [0.4, 0.5) is 5.69 Å². The van der Waals surface area contributed by atoms with Crippen LogP contribution in [-0.2, 0) is 0 Å². The summed E-state index contributed by atoms with van der Waals surface area (Å²) in [7, 11) is 0. The van der Waals surface area contributed by atoms with Crippen LogP contribution in [0, 0.1) is 0 Å². The lowest BCUT2D eigenvalue weighted by molar-refractivity contribution is 0.0826. The molecule has 0 aromatic heterocycles. The fourth-order valence-electron chi connectivity index (χ4n) is 2.66. The van der Waals surface area contributed by atoms with E-state index in [4.69, 9.17) is 0 Å². The highest BCUT2D eigenvalue weighted by Gasteiger charge is 2.23. The SMILES string of the molecule is C=C1CCCN1C(=O)c1cccc(N2CC=CC2)c1. The van der Waals surface area contributed by atoms with Gasteiger partial charge in [0.1, 0.15) is 0 Å². The summed E-state index contributed by atoms with van der Waals surface area (Å²) < 4.78 is 0. The van der Waals surface area contributed by atoms with Gasteiger partial charge in [-0.3, -0.25) is 4.79 Å². The molecule has 2 aliphatic rings. The molecule has 1 aromatic rings. The third-order valence-electron chi connectivity index (χ3n) is 3.75. The zero-order valence-electron chi connectivity index (χ0n) is 11.0. The molecule has 3 heteroatoms. The van der Waals surface area contributed by atoms with Crippen LogP contribution in [0.3, 0.4) is 0 Å². The van der Waals surface area contributed by atoms with Gasteiger partial charge in [-0.2, -0.15) is 0 Å². The molecule has 0 unspecified atom stereocenters. The standard InChI is InChI=1S/C16H18N2O/c1-13-6-5-11-18(13)16(19)14-7-4-8-15(12-14)17-9-2-3-10-17/h2-4,7-8,12H,1,5-6,9-11H2. The molecule has 2 heterocycles. The van der Waals surface area contributed by atoms with Gasteiger partial charge in [0.2, 0.25) is 0 Å². The lowest BCUT2D eigenvalue weighted by atomic mass is 10.1. The Morgan fingerprint density at radius 2 is 2.00 bits per heavy atom. The van der Waals surface area contributed by atoms with E-state index in [1.807, 2.05) is 18.2 Å². The Hall–Kier alpha value is -2.03. The summed E-state index contributed by atoms with van der Waals surface area (Å²) in [6.45, 7) is 6.61. The molecule has 2 aliphatic heterocycles. The molecular formula is C16H18N2O. The zero-order valence-corrected chi connectivity index (χ0v) is 11.0. The van der Waals surface area contributed by atoms with Gasteiger partial charge < -0.3 is 9.80 Å². The highest BCUT2D eigenvalue weighted by Crippen LogP contribution is 2.24. The maximum atomic E-state index is 12.5. The number of hydrogen-bond donors (Lipinski definition) is 0. The monoisotopic (exact) mass is 254 g/mol. The van der Waals surface area contributed by atoms with Gasteiger partial charge in [-0.05, 0) is 31.0 Å². The zero-order chi connectivity index (χ0) is 13.2. The Labute approximate surface area is 113 Å². The molecule has 0 aliphatic carbocycles. The fourth-order valence-corrected chi connectivity index (χ4v) is 2.66. The second-order valence-electron chi connectivity index (χ2n) is 5.05. The van der Waals surface area contributed by atoms with Crippen LogP contribution < -0.4 is 4.90 Å². The lowest BCUT2D eigenvalue weighted by Crippen LogP contribution is -2.26. The molecule has 1 amide bonds. The minimum Gasteiger partial charge on any atom is -0.364 e. The molecule has 1 saturated heterocycles. The van der Waals surface area contributed by atoms with Gasteiger partial charge in [0.05, 0.1) is 0 Å². The summed E-state index contributed by atoms with van der Waals surface area (Å²) in [6.07, 6.45) is 6.26. The minimum absolute atomic E-state index is 0.0801. The van der Waals surface area contributed by atoms with E-state index in [0.717, 1.165) is 49.4 Å². The summed E-state index contributed by atoms with van der Waals surface area (Å²) >= 11 is 0. The number of anilines is 1. The Bertz CT molecular complexity index is 539. The molecule has 3 rings (SSSR count). The number of hydrogen-bond acceptors (Lipinski definition) is 2. The Balaban J connectivity index is 1.82. The maximum Gasteiger partial charge on any atom is 0.258 e. The van der Waals surface area contributed by atoms with Crippen molar-refractivity contribution in [2.75, 3.05) is 24.5 Å². The molecule has 19 heavy (non-hydrogen) atoms. The summed E-state index contributed by atoms with van der Waals surface area (Å²) in [5.74, 6) is 0.0801. The van der Waals surface area contributed by atoms with Crippen LogP contribution >= 0.6 is 0 Å². The van der Waals surface area contributed by atoms with E-state index in [0.29, 0.717) is 0 Å². The normalized spacial score (nSPS) is 18.4. The lowest BCUT2D eigenvalue weighted by Gasteiger charge is -2.20. The second-order valence-corrected chi connectivity index (χ2v) is 5.05. The average Bonchev–Trinajstić information content (AvgIpc) is 3.09. The first-order chi connectivity index (χ1) is 9.25. The van der Waals surface area contributed by atoms with Gasteiger partial charge in [-0.1, -0.05) is 24.8 Å². The van der Waals surface area contributed by atoms with Crippen molar-refractivity contribution in [2.45, 2.75) is 12.8 Å². The van der Waals surface area contributed by atoms with Crippen molar-refractivity contribution in [2.24, 2.45) is 0 Å². The van der Waals surface area contributed by atoms with Crippen molar-refractivity contribution < 1.29 is 4.79 Å². The summed E-state index contributed by atoms with van der Waals surface area (Å²) in [4.78, 5) is 16.5. The Morgan fingerprint density at radius 1 is 1.21 bits per heavy atom. The molecular weight excluding hydrogens is 236 g/mol. The molecule has 98 valence electrons. The number of likely N-dealkylation sites (tertiary alicyclic amines) is 1. The number of carbonyl (C=O) groups is 1. The predicted octanol–water partition coefficient (Wildman–Crippen LogP) is 2.81. The van der Waals surface area contributed by atoms with Crippen molar-refractivity contribution >= 4 is 11.6 Å². The smallest absolute Gasteiger partial charge is 0.258 e. The maximum absolute atomic E-state index is 12.5. The van der Waals surface area contributed by atoms with Gasteiger partial charge in [0.15, 0.2) is 0 Å². The van der Waals surface area contributed by atoms with Crippen molar-refractivity contribution in [3.63, 3.8) is 0 Å². The van der Waals surface area contributed by atoms with Gasteiger partial charge in [-0.25, -0.2) is 0 Å². The van der Waals surface area contributed by atoms with Crippen LogP contribution in [0.5, 0.6) is 0 Å². The number of allylic oxidation sites excluding steroid dienone is 1. The van der Waals surface area contributed by atoms with E-state index >= 15 is 0 Å². The minimum atomic E-state index is 0.0801. The van der Waals surface area contributed by atoms with E-state index < -0.39 is 0 Å². The quantitative estimate of drug-likeness (QED) is 0.758. The molecule has 0 spiro atoms.